The molecule has 1 heterocycles. The van der Waals surface area contributed by atoms with Crippen LogP contribution in [0.25, 0.3) is 10.9 Å². The van der Waals surface area contributed by atoms with E-state index in [4.69, 9.17) is 0 Å². The van der Waals surface area contributed by atoms with E-state index in [0.717, 1.165) is 22.3 Å². The Labute approximate surface area is 155 Å². The van der Waals surface area contributed by atoms with E-state index in [2.05, 4.69) is 15.6 Å². The van der Waals surface area contributed by atoms with Gasteiger partial charge in [-0.1, -0.05) is 24.3 Å². The van der Waals surface area contributed by atoms with Gasteiger partial charge in [-0.25, -0.2) is 4.39 Å². The Morgan fingerprint density at radius 2 is 1.59 bits per heavy atom. The Morgan fingerprint density at radius 3 is 2.41 bits per heavy atom. The fourth-order valence-corrected chi connectivity index (χ4v) is 2.83. The van der Waals surface area contributed by atoms with Crippen LogP contribution in [-0.4, -0.2) is 10.9 Å². The van der Waals surface area contributed by atoms with E-state index in [1.165, 1.54) is 18.2 Å². The van der Waals surface area contributed by atoms with Gasteiger partial charge in [0, 0.05) is 28.5 Å². The van der Waals surface area contributed by atoms with Crippen LogP contribution in [0.5, 0.6) is 0 Å². The third-order valence-electron chi connectivity index (χ3n) is 4.14. The molecular weight excluding hydrogens is 341 g/mol. The van der Waals surface area contributed by atoms with Crippen LogP contribution in [0.2, 0.25) is 0 Å². The van der Waals surface area contributed by atoms with Crippen molar-refractivity contribution in [1.29, 1.82) is 0 Å². The first-order valence-electron chi connectivity index (χ1n) is 8.47. The average molecular weight is 357 g/mol. The SMILES string of the molecule is O=C(Nc1ccc(Nc2cccc3cccnc23)cc1)c1cccc(F)c1. The molecule has 0 saturated heterocycles. The first-order valence-corrected chi connectivity index (χ1v) is 8.47. The molecule has 0 aliphatic rings. The minimum atomic E-state index is -0.439. The Morgan fingerprint density at radius 1 is 0.852 bits per heavy atom. The van der Waals surface area contributed by atoms with Gasteiger partial charge in [0.25, 0.3) is 5.91 Å². The van der Waals surface area contributed by atoms with Crippen molar-refractivity contribution in [3.63, 3.8) is 0 Å². The fraction of sp³-hybridized carbons (Fsp3) is 0. The summed E-state index contributed by atoms with van der Waals surface area (Å²) in [7, 11) is 0. The third-order valence-corrected chi connectivity index (χ3v) is 4.14. The number of halogens is 1. The molecule has 27 heavy (non-hydrogen) atoms. The normalized spacial score (nSPS) is 10.6. The van der Waals surface area contributed by atoms with Crippen molar-refractivity contribution in [3.05, 3.63) is 96.4 Å². The first kappa shape index (κ1) is 16.7. The highest BCUT2D eigenvalue weighted by molar-refractivity contribution is 6.04. The van der Waals surface area contributed by atoms with E-state index in [1.807, 2.05) is 42.5 Å². The van der Waals surface area contributed by atoms with E-state index in [0.29, 0.717) is 5.69 Å². The second-order valence-electron chi connectivity index (χ2n) is 6.05. The standard InChI is InChI=1S/C22H16FN3O/c23-17-7-1-5-16(14-17)22(27)26-19-11-9-18(10-12-19)25-20-8-2-4-15-6-3-13-24-21(15)20/h1-14,25H,(H,26,27). The molecule has 4 aromatic rings. The summed E-state index contributed by atoms with van der Waals surface area (Å²) in [5.74, 6) is -0.792. The molecule has 0 radical (unpaired) electrons. The summed E-state index contributed by atoms with van der Waals surface area (Å²) in [6.07, 6.45) is 1.76. The highest BCUT2D eigenvalue weighted by Gasteiger charge is 2.07. The number of benzene rings is 3. The zero-order chi connectivity index (χ0) is 18.6. The number of nitrogens with one attached hydrogen (secondary N) is 2. The van der Waals surface area contributed by atoms with Crippen LogP contribution in [0.15, 0.2) is 85.1 Å². The molecule has 0 saturated carbocycles. The lowest BCUT2D eigenvalue weighted by Gasteiger charge is -2.10. The van der Waals surface area contributed by atoms with Gasteiger partial charge in [-0.05, 0) is 54.6 Å². The van der Waals surface area contributed by atoms with Crippen molar-refractivity contribution in [2.75, 3.05) is 10.6 Å². The third kappa shape index (κ3) is 3.77. The van der Waals surface area contributed by atoms with Crippen molar-refractivity contribution in [3.8, 4) is 0 Å². The number of amides is 1. The zero-order valence-electron chi connectivity index (χ0n) is 14.3. The van der Waals surface area contributed by atoms with Gasteiger partial charge in [0.1, 0.15) is 5.82 Å². The van der Waals surface area contributed by atoms with Gasteiger partial charge in [-0.3, -0.25) is 9.78 Å². The second kappa shape index (κ2) is 7.25. The smallest absolute Gasteiger partial charge is 0.255 e. The zero-order valence-corrected chi connectivity index (χ0v) is 14.3. The number of carbonyl (C=O) groups excluding carboxylic acids is 1. The number of carbonyl (C=O) groups is 1. The van der Waals surface area contributed by atoms with Crippen molar-refractivity contribution in [1.82, 2.24) is 4.98 Å². The first-order chi connectivity index (χ1) is 13.2. The van der Waals surface area contributed by atoms with Crippen molar-refractivity contribution in [2.24, 2.45) is 0 Å². The minimum absolute atomic E-state index is 0.277. The van der Waals surface area contributed by atoms with Crippen LogP contribution in [0, 0.1) is 5.82 Å². The van der Waals surface area contributed by atoms with Crippen molar-refractivity contribution >= 4 is 33.9 Å². The predicted octanol–water partition coefficient (Wildman–Crippen LogP) is 5.37. The summed E-state index contributed by atoms with van der Waals surface area (Å²) in [6, 6.07) is 22.8. The van der Waals surface area contributed by atoms with Crippen molar-refractivity contribution in [2.45, 2.75) is 0 Å². The molecule has 0 bridgehead atoms. The number of rotatable bonds is 4. The maximum Gasteiger partial charge on any atom is 0.255 e. The molecule has 3 aromatic carbocycles. The van der Waals surface area contributed by atoms with Gasteiger partial charge in [-0.2, -0.15) is 0 Å². The number of para-hydroxylation sites is 1. The van der Waals surface area contributed by atoms with E-state index < -0.39 is 5.82 Å². The highest BCUT2D eigenvalue weighted by Crippen LogP contribution is 2.25. The molecule has 0 spiro atoms. The maximum atomic E-state index is 13.2. The minimum Gasteiger partial charge on any atom is -0.354 e. The Kier molecular flexibility index (Phi) is 4.49. The number of nitrogens with zero attached hydrogens (tertiary/aromatic N) is 1. The number of hydrogen-bond acceptors (Lipinski definition) is 3. The second-order valence-corrected chi connectivity index (χ2v) is 6.05. The molecule has 0 aliphatic heterocycles. The molecule has 0 atom stereocenters. The molecule has 0 fully saturated rings. The summed E-state index contributed by atoms with van der Waals surface area (Å²) >= 11 is 0. The largest absolute Gasteiger partial charge is 0.354 e. The average Bonchev–Trinajstić information content (AvgIpc) is 2.70. The number of anilines is 3. The molecule has 0 unspecified atom stereocenters. The summed E-state index contributed by atoms with van der Waals surface area (Å²) < 4.78 is 13.2. The van der Waals surface area contributed by atoms with Crippen LogP contribution in [0.4, 0.5) is 21.5 Å². The molecule has 0 aliphatic carbocycles. The molecule has 4 nitrogen and oxygen atoms in total. The lowest BCUT2D eigenvalue weighted by molar-refractivity contribution is 0.102. The van der Waals surface area contributed by atoms with Gasteiger partial charge in [0.2, 0.25) is 0 Å². The molecular formula is C22H16FN3O. The summed E-state index contributed by atoms with van der Waals surface area (Å²) in [6.45, 7) is 0. The maximum absolute atomic E-state index is 13.2. The van der Waals surface area contributed by atoms with E-state index >= 15 is 0 Å². The molecule has 5 heteroatoms. The molecule has 132 valence electrons. The van der Waals surface area contributed by atoms with Crippen LogP contribution in [0.3, 0.4) is 0 Å². The number of pyridine rings is 1. The van der Waals surface area contributed by atoms with E-state index in [-0.39, 0.29) is 11.5 Å². The van der Waals surface area contributed by atoms with E-state index in [9.17, 15) is 9.18 Å². The topological polar surface area (TPSA) is 54.0 Å². The summed E-state index contributed by atoms with van der Waals surface area (Å²) in [5.41, 5.74) is 3.58. The monoisotopic (exact) mass is 357 g/mol. The van der Waals surface area contributed by atoms with E-state index in [1.54, 1.807) is 24.4 Å². The molecule has 2 N–H and O–H groups in total. The lowest BCUT2D eigenvalue weighted by atomic mass is 10.1. The van der Waals surface area contributed by atoms with Gasteiger partial charge >= 0.3 is 0 Å². The van der Waals surface area contributed by atoms with Crippen molar-refractivity contribution < 1.29 is 9.18 Å². The summed E-state index contributed by atoms with van der Waals surface area (Å²) in [5, 5.41) is 7.16. The van der Waals surface area contributed by atoms with Crippen LogP contribution in [0.1, 0.15) is 10.4 Å². The molecule has 4 rings (SSSR count). The molecule has 1 aromatic heterocycles. The fourth-order valence-electron chi connectivity index (χ4n) is 2.83. The quantitative estimate of drug-likeness (QED) is 0.516. The number of hydrogen-bond donors (Lipinski definition) is 2. The van der Waals surface area contributed by atoms with Gasteiger partial charge in [0.05, 0.1) is 11.2 Å². The van der Waals surface area contributed by atoms with Crippen LogP contribution in [-0.2, 0) is 0 Å². The number of fused-ring (bicyclic) bond motifs is 1. The molecule has 1 amide bonds. The Balaban J connectivity index is 1.50. The Hall–Kier alpha value is -3.73. The Bertz CT molecular complexity index is 1100. The highest BCUT2D eigenvalue weighted by atomic mass is 19.1. The van der Waals surface area contributed by atoms with Crippen LogP contribution >= 0.6 is 0 Å². The van der Waals surface area contributed by atoms with Gasteiger partial charge in [-0.15, -0.1) is 0 Å². The number of aromatic nitrogens is 1. The summed E-state index contributed by atoms with van der Waals surface area (Å²) in [4.78, 5) is 16.6. The lowest BCUT2D eigenvalue weighted by Crippen LogP contribution is -2.11. The van der Waals surface area contributed by atoms with Gasteiger partial charge in [0.15, 0.2) is 0 Å². The van der Waals surface area contributed by atoms with Gasteiger partial charge < -0.3 is 10.6 Å². The van der Waals surface area contributed by atoms with Crippen LogP contribution < -0.4 is 10.6 Å². The predicted molar refractivity (Wildman–Crippen MR) is 106 cm³/mol.